The Kier molecular flexibility index (Phi) is 61.0. The number of hydrogen-bond acceptors (Lipinski definition) is 5. The van der Waals surface area contributed by atoms with Gasteiger partial charge in [-0.1, -0.05) is 26.2 Å². The Morgan fingerprint density at radius 3 is 1.02 bits per heavy atom. The van der Waals surface area contributed by atoms with Crippen molar-refractivity contribution in [2.45, 2.75) is 237 Å². The first-order valence-electron chi connectivity index (χ1n) is 25.3. The van der Waals surface area contributed by atoms with Crippen LogP contribution in [-0.2, 0) is 4.74 Å². The molecule has 0 amide bonds. The van der Waals surface area contributed by atoms with Crippen LogP contribution in [0.5, 0.6) is 0 Å². The molecule has 60 heavy (non-hydrogen) atoms. The number of halogens is 1. The molecule has 1 rings (SSSR count). The Hall–Kier alpha value is 0.907. The van der Waals surface area contributed by atoms with E-state index < -0.39 is 36.8 Å². The molecular formula is C52H105IO5Sn2. The number of aliphatic hydroxyl groups excluding tert-OH is 4. The minimum absolute atomic E-state index is 0. The molecule has 5 nitrogen and oxygen atoms in total. The van der Waals surface area contributed by atoms with Crippen LogP contribution in [0.3, 0.4) is 0 Å². The molecule has 0 unspecified atom stereocenters. The van der Waals surface area contributed by atoms with E-state index in [1.165, 1.54) is 146 Å². The van der Waals surface area contributed by atoms with E-state index >= 15 is 0 Å². The maximum absolute atomic E-state index is 9.46. The van der Waals surface area contributed by atoms with Gasteiger partial charge in [0.1, 0.15) is 6.61 Å². The Labute approximate surface area is 398 Å². The number of hydrogen-bond donors (Lipinski definition) is 4. The van der Waals surface area contributed by atoms with Crippen LogP contribution < -0.4 is 0 Å². The number of allylic oxidation sites excluding steroid dienone is 3. The van der Waals surface area contributed by atoms with E-state index in [0.717, 1.165) is 38.9 Å². The van der Waals surface area contributed by atoms with Gasteiger partial charge in [-0.15, -0.1) is 5.92 Å². The van der Waals surface area contributed by atoms with Crippen LogP contribution in [0, 0.1) is 11.8 Å². The number of aliphatic hydroxyl groups is 4. The molecule has 1 saturated heterocycles. The normalized spacial score (nSPS) is 13.1. The van der Waals surface area contributed by atoms with Gasteiger partial charge in [-0.2, -0.15) is 0 Å². The number of unbranched alkanes of at least 4 members (excludes halogenated alkanes) is 7. The molecule has 358 valence electrons. The summed E-state index contributed by atoms with van der Waals surface area (Å²) >= 11 is -2.16. The third kappa shape index (κ3) is 40.4. The molecule has 0 aromatic carbocycles. The van der Waals surface area contributed by atoms with E-state index in [2.05, 4.69) is 116 Å². The standard InChI is InChI=1S/C6H11IO.2C6H11O.C6H10O.C4H8O.6C4H9.2Sn/c1-2-3-6(7)4-5-8;3*1-2-3-4-5-6-7;1-2-4-5-3-1;6*1-3-4-2;;/h4,8H,2-3,5H2,1H3;2*5,7H,2-3,6H2,1H3;7H,2-3,6H2,1H3;1-4H2;6*1,3-4H2,2H3;;/b6-4+;;;;;;;;;;;;. The molecule has 0 bridgehead atoms. The van der Waals surface area contributed by atoms with Gasteiger partial charge in [0.25, 0.3) is 0 Å². The predicted octanol–water partition coefficient (Wildman–Crippen LogP) is 15.9. The Balaban J connectivity index is -0.000000361. The fourth-order valence-corrected chi connectivity index (χ4v) is 43.6. The van der Waals surface area contributed by atoms with Crippen LogP contribution in [0.1, 0.15) is 210 Å². The second kappa shape index (κ2) is 54.2. The molecule has 0 atom stereocenters. The zero-order valence-electron chi connectivity index (χ0n) is 41.8. The first kappa shape index (κ1) is 67.5. The fourth-order valence-electron chi connectivity index (χ4n) is 7.95. The quantitative estimate of drug-likeness (QED) is 0.0327. The molecule has 1 aliphatic heterocycles. The summed E-state index contributed by atoms with van der Waals surface area (Å²) in [7, 11) is 0. The zero-order valence-corrected chi connectivity index (χ0v) is 49.7. The van der Waals surface area contributed by atoms with Crippen molar-refractivity contribution in [3.63, 3.8) is 0 Å². The zero-order chi connectivity index (χ0) is 46.0. The van der Waals surface area contributed by atoms with Gasteiger partial charge in [-0.25, -0.2) is 0 Å². The van der Waals surface area contributed by atoms with Crippen molar-refractivity contribution in [2.24, 2.45) is 0 Å². The van der Waals surface area contributed by atoms with Crippen molar-refractivity contribution in [3.05, 3.63) is 29.0 Å². The molecule has 0 spiro atoms. The monoisotopic (exact) mass is 1180 g/mol. The van der Waals surface area contributed by atoms with Gasteiger partial charge in [0.05, 0.1) is 6.61 Å². The van der Waals surface area contributed by atoms with E-state index in [1.54, 1.807) is 7.18 Å². The van der Waals surface area contributed by atoms with Crippen LogP contribution in [-0.4, -0.2) is 96.8 Å². The van der Waals surface area contributed by atoms with E-state index in [0.29, 0.717) is 0 Å². The van der Waals surface area contributed by atoms with Crippen LogP contribution in [0.25, 0.3) is 0 Å². The van der Waals surface area contributed by atoms with Crippen molar-refractivity contribution in [3.8, 4) is 11.8 Å². The summed E-state index contributed by atoms with van der Waals surface area (Å²) in [5.74, 6) is 5.34. The van der Waals surface area contributed by atoms with Gasteiger partial charge >= 0.3 is 264 Å². The Bertz CT molecular complexity index is 912. The van der Waals surface area contributed by atoms with Crippen molar-refractivity contribution in [2.75, 3.05) is 39.6 Å². The Morgan fingerprint density at radius 1 is 0.467 bits per heavy atom. The van der Waals surface area contributed by atoms with Gasteiger partial charge in [-0.05, 0) is 57.9 Å². The second-order valence-corrected chi connectivity index (χ2v) is 44.9. The van der Waals surface area contributed by atoms with Crippen LogP contribution in [0.4, 0.5) is 0 Å². The molecular weight excluding hydrogens is 1070 g/mol. The third-order valence-corrected chi connectivity index (χ3v) is 45.1. The summed E-state index contributed by atoms with van der Waals surface area (Å²) in [5, 5.41) is 35.4. The van der Waals surface area contributed by atoms with E-state index in [1.807, 2.05) is 6.08 Å². The molecule has 1 heterocycles. The summed E-state index contributed by atoms with van der Waals surface area (Å²) in [6.07, 6.45) is 34.5. The molecule has 0 aromatic rings. The van der Waals surface area contributed by atoms with Gasteiger partial charge in [0.2, 0.25) is 0 Å². The van der Waals surface area contributed by atoms with E-state index in [9.17, 15) is 10.2 Å². The third-order valence-electron chi connectivity index (χ3n) is 11.3. The SMILES string of the molecule is C1CCOC1.CCC/C(I)=C\CO.CCCC#CCO.CCC[CH2][Sn]([CH2]CCC)([CH2]CCC)/[C](=C/CO)CCC.CCC[CH2][Sn]([CH2]CCC)([CH2]CCC)/[C](=C\CO)CCC. The number of rotatable bonds is 30. The molecule has 0 radical (unpaired) electrons. The summed E-state index contributed by atoms with van der Waals surface area (Å²) < 4.78 is 18.9. The van der Waals surface area contributed by atoms with Crippen molar-refractivity contribution in [1.29, 1.82) is 0 Å². The molecule has 0 aromatic heterocycles. The van der Waals surface area contributed by atoms with Crippen LogP contribution >= 0.6 is 22.6 Å². The number of ether oxygens (including phenoxy) is 1. The molecule has 4 N–H and O–H groups in total. The van der Waals surface area contributed by atoms with Crippen LogP contribution in [0.15, 0.2) is 29.0 Å². The topological polar surface area (TPSA) is 90.2 Å². The Morgan fingerprint density at radius 2 is 0.800 bits per heavy atom. The van der Waals surface area contributed by atoms with Crippen molar-refractivity contribution in [1.82, 2.24) is 0 Å². The van der Waals surface area contributed by atoms with E-state index in [-0.39, 0.29) is 26.4 Å². The van der Waals surface area contributed by atoms with E-state index in [4.69, 9.17) is 14.9 Å². The first-order chi connectivity index (χ1) is 29.1. The molecule has 1 fully saturated rings. The van der Waals surface area contributed by atoms with Crippen molar-refractivity contribution < 1.29 is 25.2 Å². The minimum atomic E-state index is -2.20. The second-order valence-electron chi connectivity index (χ2n) is 16.7. The predicted molar refractivity (Wildman–Crippen MR) is 284 cm³/mol. The van der Waals surface area contributed by atoms with Gasteiger partial charge in [0, 0.05) is 19.6 Å². The average Bonchev–Trinajstić information content (AvgIpc) is 3.86. The van der Waals surface area contributed by atoms with Crippen molar-refractivity contribution >= 4 is 59.3 Å². The van der Waals surface area contributed by atoms with Crippen LogP contribution in [0.2, 0.25) is 26.6 Å². The first-order valence-corrected chi connectivity index (χ1v) is 41.4. The molecule has 0 aliphatic carbocycles. The summed E-state index contributed by atoms with van der Waals surface area (Å²) in [4.78, 5) is 0. The van der Waals surface area contributed by atoms with Gasteiger partial charge in [-0.3, -0.25) is 0 Å². The molecule has 8 heteroatoms. The van der Waals surface area contributed by atoms with Gasteiger partial charge < -0.3 is 14.9 Å². The average molecular weight is 1170 g/mol. The summed E-state index contributed by atoms with van der Waals surface area (Å²) in [5.41, 5.74) is 0. The molecule has 1 aliphatic rings. The summed E-state index contributed by atoms with van der Waals surface area (Å²) in [6.45, 7) is 25.4. The fraction of sp³-hybridized carbons (Fsp3) is 0.846. The molecule has 0 saturated carbocycles. The van der Waals surface area contributed by atoms with Gasteiger partial charge in [0.15, 0.2) is 0 Å². The maximum atomic E-state index is 9.46. The summed E-state index contributed by atoms with van der Waals surface area (Å²) in [6, 6.07) is 0.